The molecule has 1 aromatic rings. The molecule has 0 aliphatic carbocycles. The Morgan fingerprint density at radius 3 is 2.92 bits per heavy atom. The van der Waals surface area contributed by atoms with Crippen molar-refractivity contribution in [3.8, 4) is 0 Å². The molecule has 1 saturated heterocycles. The number of thioether (sulfide) groups is 1. The fraction of sp³-hybridized carbons (Fsp3) is 0.353. The fourth-order valence-corrected chi connectivity index (χ4v) is 3.45. The van der Waals surface area contributed by atoms with E-state index in [0.29, 0.717) is 17.3 Å². The molecule has 0 saturated carbocycles. The molecule has 7 nitrogen and oxygen atoms in total. The fourth-order valence-electron chi connectivity index (χ4n) is 2.37. The summed E-state index contributed by atoms with van der Waals surface area (Å²) in [5.41, 5.74) is 0.180. The molecule has 1 aromatic carbocycles. The molecule has 1 heterocycles. The van der Waals surface area contributed by atoms with Gasteiger partial charge in [-0.05, 0) is 18.2 Å². The van der Waals surface area contributed by atoms with Gasteiger partial charge in [0.2, 0.25) is 17.7 Å². The number of nitrogens with one attached hydrogen (secondary N) is 4. The number of anilines is 1. The maximum absolute atomic E-state index is 12.0. The molecular weight excluding hydrogens is 376 g/mol. The van der Waals surface area contributed by atoms with Gasteiger partial charge >= 0.3 is 0 Å². The van der Waals surface area contributed by atoms with Gasteiger partial charge in [-0.2, -0.15) is 0 Å². The average molecular weight is 397 g/mol. The highest BCUT2D eigenvalue weighted by atomic mass is 35.5. The highest BCUT2D eigenvalue weighted by Gasteiger charge is 2.27. The first-order chi connectivity index (χ1) is 12.5. The number of halogens is 1. The van der Waals surface area contributed by atoms with E-state index in [4.69, 9.17) is 11.6 Å². The minimum Gasteiger partial charge on any atom is -0.353 e. The van der Waals surface area contributed by atoms with Gasteiger partial charge in [-0.3, -0.25) is 19.7 Å². The van der Waals surface area contributed by atoms with Crippen molar-refractivity contribution < 1.29 is 14.4 Å². The lowest BCUT2D eigenvalue weighted by Crippen LogP contribution is -2.56. The molecule has 0 bridgehead atoms. The van der Waals surface area contributed by atoms with Crippen LogP contribution < -0.4 is 21.3 Å². The van der Waals surface area contributed by atoms with Gasteiger partial charge in [0.15, 0.2) is 0 Å². The van der Waals surface area contributed by atoms with E-state index in [0.717, 1.165) is 0 Å². The number of carbonyl (C=O) groups excluding carboxylic acids is 3. The summed E-state index contributed by atoms with van der Waals surface area (Å²) in [6.45, 7) is 3.92. The minimum atomic E-state index is -0.432. The maximum atomic E-state index is 12.0. The molecule has 4 N–H and O–H groups in total. The molecular formula is C17H21ClN4O3S. The molecule has 3 amide bonds. The Hall–Kier alpha value is -2.03. The predicted octanol–water partition coefficient (Wildman–Crippen LogP) is 1.47. The largest absolute Gasteiger partial charge is 0.353 e. The van der Waals surface area contributed by atoms with Gasteiger partial charge < -0.3 is 16.0 Å². The van der Waals surface area contributed by atoms with E-state index in [1.165, 1.54) is 11.8 Å². The molecule has 1 aliphatic rings. The highest BCUT2D eigenvalue weighted by Crippen LogP contribution is 2.17. The number of hydrogen-bond donors (Lipinski definition) is 4. The lowest BCUT2D eigenvalue weighted by molar-refractivity contribution is -0.125. The lowest BCUT2D eigenvalue weighted by atomic mass is 10.1. The van der Waals surface area contributed by atoms with E-state index >= 15 is 0 Å². The van der Waals surface area contributed by atoms with Gasteiger partial charge in [0.1, 0.15) is 5.50 Å². The first kappa shape index (κ1) is 20.3. The van der Waals surface area contributed by atoms with Crippen molar-refractivity contribution in [1.82, 2.24) is 16.0 Å². The van der Waals surface area contributed by atoms with Gasteiger partial charge in [0, 0.05) is 36.1 Å². The summed E-state index contributed by atoms with van der Waals surface area (Å²) < 4.78 is 0. The van der Waals surface area contributed by atoms with Crippen molar-refractivity contribution in [1.29, 1.82) is 0 Å². The Bertz CT molecular complexity index is 686. The Morgan fingerprint density at radius 2 is 2.19 bits per heavy atom. The first-order valence-corrected chi connectivity index (χ1v) is 9.49. The van der Waals surface area contributed by atoms with Crippen LogP contribution >= 0.6 is 23.4 Å². The van der Waals surface area contributed by atoms with Crippen molar-refractivity contribution in [2.75, 3.05) is 17.6 Å². The Labute approximate surface area is 161 Å². The van der Waals surface area contributed by atoms with E-state index in [2.05, 4.69) is 27.8 Å². The predicted molar refractivity (Wildman–Crippen MR) is 104 cm³/mol. The van der Waals surface area contributed by atoms with E-state index in [9.17, 15) is 14.4 Å². The molecule has 0 aromatic heterocycles. The van der Waals surface area contributed by atoms with E-state index in [1.807, 2.05) is 0 Å². The van der Waals surface area contributed by atoms with E-state index in [1.54, 1.807) is 30.3 Å². The van der Waals surface area contributed by atoms with Crippen LogP contribution in [0.1, 0.15) is 12.8 Å². The molecule has 26 heavy (non-hydrogen) atoms. The summed E-state index contributed by atoms with van der Waals surface area (Å²) in [7, 11) is 0. The van der Waals surface area contributed by atoms with Crippen molar-refractivity contribution in [2.45, 2.75) is 24.4 Å². The topological polar surface area (TPSA) is 99.3 Å². The van der Waals surface area contributed by atoms with Crippen LogP contribution in [0.15, 0.2) is 36.9 Å². The van der Waals surface area contributed by atoms with Crippen LogP contribution in [0.2, 0.25) is 5.02 Å². The molecule has 2 unspecified atom stereocenters. The minimum absolute atomic E-state index is 0.139. The molecule has 140 valence electrons. The summed E-state index contributed by atoms with van der Waals surface area (Å²) in [5, 5.41) is 11.9. The third-order valence-corrected chi connectivity index (χ3v) is 4.73. The lowest BCUT2D eigenvalue weighted by Gasteiger charge is -2.30. The molecule has 9 heteroatoms. The summed E-state index contributed by atoms with van der Waals surface area (Å²) in [6.07, 6.45) is 2.00. The maximum Gasteiger partial charge on any atom is 0.234 e. The third kappa shape index (κ3) is 7.07. The van der Waals surface area contributed by atoms with E-state index < -0.39 is 5.50 Å². The quantitative estimate of drug-likeness (QED) is 0.499. The summed E-state index contributed by atoms with van der Waals surface area (Å²) >= 11 is 7.13. The number of benzene rings is 1. The third-order valence-electron chi connectivity index (χ3n) is 3.48. The number of hydrogen-bond acceptors (Lipinski definition) is 5. The van der Waals surface area contributed by atoms with Crippen molar-refractivity contribution >= 4 is 46.8 Å². The Kier molecular flexibility index (Phi) is 7.96. The van der Waals surface area contributed by atoms with Gasteiger partial charge in [-0.25, -0.2) is 0 Å². The van der Waals surface area contributed by atoms with Crippen LogP contribution in [0, 0.1) is 0 Å². The standard InChI is InChI=1S/C17H21ClN4O3S/c1-2-6-19-14(23)8-13-9-15(24)22-17(21-13)26-10-16(25)20-12-5-3-4-11(18)7-12/h2-5,7,13,17,21H,1,6,8-10H2,(H,19,23)(H,20,25)(H,22,24). The zero-order chi connectivity index (χ0) is 18.9. The summed E-state index contributed by atoms with van der Waals surface area (Å²) in [5.74, 6) is -0.378. The van der Waals surface area contributed by atoms with Crippen molar-refractivity contribution in [3.05, 3.63) is 41.9 Å². The average Bonchev–Trinajstić information content (AvgIpc) is 2.58. The number of carbonyl (C=O) groups is 3. The van der Waals surface area contributed by atoms with Crippen LogP contribution in [0.4, 0.5) is 5.69 Å². The monoisotopic (exact) mass is 396 g/mol. The number of amides is 3. The van der Waals surface area contributed by atoms with Gasteiger partial charge in [0.05, 0.1) is 5.75 Å². The Balaban J connectivity index is 1.78. The number of rotatable bonds is 8. The second-order valence-corrected chi connectivity index (χ2v) is 7.21. The van der Waals surface area contributed by atoms with Crippen LogP contribution in [-0.4, -0.2) is 41.6 Å². The molecule has 1 fully saturated rings. The second kappa shape index (κ2) is 10.2. The zero-order valence-electron chi connectivity index (χ0n) is 14.1. The molecule has 0 spiro atoms. The zero-order valence-corrected chi connectivity index (χ0v) is 15.7. The normalized spacial score (nSPS) is 19.3. The molecule has 2 atom stereocenters. The van der Waals surface area contributed by atoms with Gasteiger partial charge in [-0.15, -0.1) is 18.3 Å². The van der Waals surface area contributed by atoms with Crippen LogP contribution in [-0.2, 0) is 14.4 Å². The summed E-state index contributed by atoms with van der Waals surface area (Å²) in [4.78, 5) is 35.6. The molecule has 2 rings (SSSR count). The molecule has 0 radical (unpaired) electrons. The first-order valence-electron chi connectivity index (χ1n) is 8.06. The summed E-state index contributed by atoms with van der Waals surface area (Å²) in [6, 6.07) is 6.59. The van der Waals surface area contributed by atoms with Crippen LogP contribution in [0.5, 0.6) is 0 Å². The van der Waals surface area contributed by atoms with Crippen molar-refractivity contribution in [2.24, 2.45) is 0 Å². The highest BCUT2D eigenvalue weighted by molar-refractivity contribution is 8.00. The SMILES string of the molecule is C=CCNC(=O)CC1CC(=O)NC(SCC(=O)Nc2cccc(Cl)c2)N1. The van der Waals surface area contributed by atoms with Crippen LogP contribution in [0.3, 0.4) is 0 Å². The van der Waals surface area contributed by atoms with Gasteiger partial charge in [-0.1, -0.05) is 23.7 Å². The smallest absolute Gasteiger partial charge is 0.234 e. The van der Waals surface area contributed by atoms with Crippen LogP contribution in [0.25, 0.3) is 0 Å². The van der Waals surface area contributed by atoms with E-state index in [-0.39, 0.29) is 42.4 Å². The van der Waals surface area contributed by atoms with Gasteiger partial charge in [0.25, 0.3) is 0 Å². The molecule has 1 aliphatic heterocycles. The second-order valence-electron chi connectivity index (χ2n) is 5.68. The Morgan fingerprint density at radius 1 is 1.38 bits per heavy atom. The van der Waals surface area contributed by atoms with Crippen molar-refractivity contribution in [3.63, 3.8) is 0 Å².